The van der Waals surface area contributed by atoms with Crippen molar-refractivity contribution in [1.29, 1.82) is 0 Å². The zero-order valence-electron chi connectivity index (χ0n) is 19.6. The van der Waals surface area contributed by atoms with Crippen molar-refractivity contribution in [3.8, 4) is 11.1 Å². The lowest BCUT2D eigenvalue weighted by atomic mass is 9.98. The molecule has 0 bridgehead atoms. The molecule has 1 aliphatic heterocycles. The molecule has 0 aromatic heterocycles. The summed E-state index contributed by atoms with van der Waals surface area (Å²) in [7, 11) is 1.74. The average molecular weight is 466 g/mol. The van der Waals surface area contributed by atoms with E-state index in [-0.39, 0.29) is 25.0 Å². The van der Waals surface area contributed by atoms with Crippen LogP contribution in [0.2, 0.25) is 0 Å². The van der Waals surface area contributed by atoms with Gasteiger partial charge in [-0.1, -0.05) is 61.9 Å². The van der Waals surface area contributed by atoms with Gasteiger partial charge in [0.1, 0.15) is 18.7 Å². The highest BCUT2D eigenvalue weighted by atomic mass is 16.5. The Bertz CT molecular complexity index is 1030. The van der Waals surface area contributed by atoms with Gasteiger partial charge in [0.15, 0.2) is 0 Å². The molecule has 8 nitrogen and oxygen atoms in total. The van der Waals surface area contributed by atoms with Crippen LogP contribution >= 0.6 is 0 Å². The van der Waals surface area contributed by atoms with E-state index in [1.165, 1.54) is 4.90 Å². The Morgan fingerprint density at radius 3 is 2.26 bits per heavy atom. The smallest absolute Gasteiger partial charge is 0.407 e. The van der Waals surface area contributed by atoms with Crippen LogP contribution in [0.1, 0.15) is 36.8 Å². The van der Waals surface area contributed by atoms with Crippen molar-refractivity contribution in [2.45, 2.75) is 37.8 Å². The molecule has 1 saturated heterocycles. The molecular weight excluding hydrogens is 434 g/mol. The van der Waals surface area contributed by atoms with E-state index in [9.17, 15) is 19.5 Å². The molecule has 34 heavy (non-hydrogen) atoms. The quantitative estimate of drug-likeness (QED) is 0.652. The number of nitrogens with one attached hydrogen (secondary N) is 1. The number of carbonyl (C=O) groups is 3. The second-order valence-corrected chi connectivity index (χ2v) is 8.93. The Labute approximate surface area is 199 Å². The number of amides is 2. The lowest BCUT2D eigenvalue weighted by Gasteiger charge is -2.38. The normalized spacial score (nSPS) is 18.6. The number of carboxylic acids is 1. The van der Waals surface area contributed by atoms with Crippen molar-refractivity contribution in [1.82, 2.24) is 15.1 Å². The van der Waals surface area contributed by atoms with E-state index in [0.717, 1.165) is 22.3 Å². The molecule has 4 rings (SSSR count). The highest BCUT2D eigenvalue weighted by Gasteiger charge is 2.35. The number of ether oxygens (including phenoxy) is 1. The standard InChI is InChI=1S/C26H31N3O5/c1-3-8-22(24(30)29-14-13-28(2)23(15-29)25(31)32)27-26(33)34-16-21-19-11-6-4-9-17(19)18-10-5-7-12-20(18)21/h4-7,9-12,21-23H,3,8,13-16H2,1-2H3,(H,27,33)(H,31,32)/t22-,23?/m1/s1. The lowest BCUT2D eigenvalue weighted by Crippen LogP contribution is -2.59. The number of hydrogen-bond acceptors (Lipinski definition) is 5. The van der Waals surface area contributed by atoms with Gasteiger partial charge in [0.05, 0.1) is 0 Å². The van der Waals surface area contributed by atoms with Crippen LogP contribution in [0.15, 0.2) is 48.5 Å². The van der Waals surface area contributed by atoms with Gasteiger partial charge in [-0.05, 0) is 35.7 Å². The largest absolute Gasteiger partial charge is 0.480 e. The number of benzene rings is 2. The number of hydrogen-bond donors (Lipinski definition) is 2. The summed E-state index contributed by atoms with van der Waals surface area (Å²) in [5.74, 6) is -1.29. The van der Waals surface area contributed by atoms with E-state index in [2.05, 4.69) is 29.6 Å². The van der Waals surface area contributed by atoms with Crippen molar-refractivity contribution in [3.05, 3.63) is 59.7 Å². The molecule has 2 aromatic carbocycles. The Balaban J connectivity index is 1.40. The second-order valence-electron chi connectivity index (χ2n) is 8.93. The molecule has 2 amide bonds. The molecular formula is C26H31N3O5. The molecule has 2 atom stereocenters. The van der Waals surface area contributed by atoms with Gasteiger partial charge in [-0.2, -0.15) is 0 Å². The number of fused-ring (bicyclic) bond motifs is 3. The number of carbonyl (C=O) groups excluding carboxylic acids is 2. The topological polar surface area (TPSA) is 99.2 Å². The van der Waals surface area contributed by atoms with E-state index in [1.807, 2.05) is 31.2 Å². The Morgan fingerprint density at radius 2 is 1.68 bits per heavy atom. The molecule has 1 heterocycles. The summed E-state index contributed by atoms with van der Waals surface area (Å²) in [5, 5.41) is 12.2. The van der Waals surface area contributed by atoms with Gasteiger partial charge in [-0.15, -0.1) is 0 Å². The summed E-state index contributed by atoms with van der Waals surface area (Å²) in [4.78, 5) is 40.6. The molecule has 1 aliphatic carbocycles. The summed E-state index contributed by atoms with van der Waals surface area (Å²) in [5.41, 5.74) is 4.54. The molecule has 1 fully saturated rings. The van der Waals surface area contributed by atoms with Crippen LogP contribution < -0.4 is 5.32 Å². The maximum atomic E-state index is 13.1. The highest BCUT2D eigenvalue weighted by Crippen LogP contribution is 2.44. The number of piperazine rings is 1. The lowest BCUT2D eigenvalue weighted by molar-refractivity contribution is -0.148. The highest BCUT2D eigenvalue weighted by molar-refractivity contribution is 5.87. The van der Waals surface area contributed by atoms with Crippen LogP contribution in [0.5, 0.6) is 0 Å². The fraction of sp³-hybridized carbons (Fsp3) is 0.423. The predicted molar refractivity (Wildman–Crippen MR) is 128 cm³/mol. The number of aliphatic carboxylic acids is 1. The fourth-order valence-corrected chi connectivity index (χ4v) is 4.89. The molecule has 180 valence electrons. The maximum absolute atomic E-state index is 13.1. The molecule has 2 aromatic rings. The number of rotatable bonds is 7. The zero-order chi connectivity index (χ0) is 24.2. The molecule has 1 unspecified atom stereocenters. The van der Waals surface area contributed by atoms with Crippen LogP contribution in [-0.4, -0.2) is 78.2 Å². The van der Waals surface area contributed by atoms with Gasteiger partial charge in [-0.25, -0.2) is 4.79 Å². The molecule has 0 saturated carbocycles. The van der Waals surface area contributed by atoms with Gasteiger partial charge in [0.2, 0.25) is 5.91 Å². The molecule has 0 spiro atoms. The summed E-state index contributed by atoms with van der Waals surface area (Å²) < 4.78 is 5.61. The Kier molecular flexibility index (Phi) is 7.17. The van der Waals surface area contributed by atoms with Crippen LogP contribution in [0.4, 0.5) is 4.79 Å². The van der Waals surface area contributed by atoms with Crippen molar-refractivity contribution in [2.24, 2.45) is 0 Å². The van der Waals surface area contributed by atoms with Crippen molar-refractivity contribution in [3.63, 3.8) is 0 Å². The number of carboxylic acid groups (broad SMARTS) is 1. The molecule has 2 aliphatic rings. The van der Waals surface area contributed by atoms with Crippen molar-refractivity contribution in [2.75, 3.05) is 33.3 Å². The first kappa shape index (κ1) is 23.8. The molecule has 2 N–H and O–H groups in total. The first-order chi connectivity index (χ1) is 16.4. The van der Waals surface area contributed by atoms with Crippen LogP contribution in [0.25, 0.3) is 11.1 Å². The maximum Gasteiger partial charge on any atom is 0.407 e. The second kappa shape index (κ2) is 10.3. The number of nitrogens with zero attached hydrogens (tertiary/aromatic N) is 2. The Hall–Kier alpha value is -3.39. The number of likely N-dealkylation sites (N-methyl/N-ethyl adjacent to an activating group) is 1. The summed E-state index contributed by atoms with van der Waals surface area (Å²) in [6.07, 6.45) is 0.501. The van der Waals surface area contributed by atoms with E-state index < -0.39 is 24.1 Å². The number of alkyl carbamates (subject to hydrolysis) is 1. The predicted octanol–water partition coefficient (Wildman–Crippen LogP) is 2.92. The van der Waals surface area contributed by atoms with Gasteiger partial charge >= 0.3 is 12.1 Å². The van der Waals surface area contributed by atoms with E-state index in [0.29, 0.717) is 25.9 Å². The van der Waals surface area contributed by atoms with E-state index >= 15 is 0 Å². The third kappa shape index (κ3) is 4.77. The van der Waals surface area contributed by atoms with Gasteiger partial charge in [-0.3, -0.25) is 14.5 Å². The SMILES string of the molecule is CCC[C@@H](NC(=O)OCC1c2ccccc2-c2ccccc21)C(=O)N1CCN(C)C(C(=O)O)C1. The van der Waals surface area contributed by atoms with Gasteiger partial charge in [0.25, 0.3) is 0 Å². The third-order valence-electron chi connectivity index (χ3n) is 6.76. The molecule has 0 radical (unpaired) electrons. The monoisotopic (exact) mass is 465 g/mol. The third-order valence-corrected chi connectivity index (χ3v) is 6.76. The van der Waals surface area contributed by atoms with Crippen LogP contribution in [-0.2, 0) is 14.3 Å². The van der Waals surface area contributed by atoms with Crippen molar-refractivity contribution >= 4 is 18.0 Å². The van der Waals surface area contributed by atoms with Gasteiger partial charge < -0.3 is 20.1 Å². The van der Waals surface area contributed by atoms with E-state index in [4.69, 9.17) is 4.74 Å². The molecule has 8 heteroatoms. The van der Waals surface area contributed by atoms with Crippen molar-refractivity contribution < 1.29 is 24.2 Å². The zero-order valence-corrected chi connectivity index (χ0v) is 19.6. The van der Waals surface area contributed by atoms with E-state index in [1.54, 1.807) is 11.9 Å². The van der Waals surface area contributed by atoms with Crippen LogP contribution in [0, 0.1) is 0 Å². The first-order valence-electron chi connectivity index (χ1n) is 11.7. The minimum atomic E-state index is -0.962. The summed E-state index contributed by atoms with van der Waals surface area (Å²) in [6.45, 7) is 3.08. The average Bonchev–Trinajstić information content (AvgIpc) is 3.16. The minimum absolute atomic E-state index is 0.0626. The fourth-order valence-electron chi connectivity index (χ4n) is 4.89. The van der Waals surface area contributed by atoms with Gasteiger partial charge in [0, 0.05) is 25.6 Å². The summed E-state index contributed by atoms with van der Waals surface area (Å²) in [6, 6.07) is 14.7. The first-order valence-corrected chi connectivity index (χ1v) is 11.7. The Morgan fingerprint density at radius 1 is 1.06 bits per heavy atom. The van der Waals surface area contributed by atoms with Crippen LogP contribution in [0.3, 0.4) is 0 Å². The summed E-state index contributed by atoms with van der Waals surface area (Å²) >= 11 is 0. The minimum Gasteiger partial charge on any atom is -0.480 e.